The zero-order valence-electron chi connectivity index (χ0n) is 22.5. The lowest BCUT2D eigenvalue weighted by Gasteiger charge is -2.32. The van der Waals surface area contributed by atoms with Crippen molar-refractivity contribution < 1.29 is 18.7 Å². The first-order valence-electron chi connectivity index (χ1n) is 13.6. The average Bonchev–Trinajstić information content (AvgIpc) is 2.95. The molecule has 0 spiro atoms. The van der Waals surface area contributed by atoms with Crippen LogP contribution in [0.5, 0.6) is 11.5 Å². The number of ether oxygens (including phenoxy) is 2. The Morgan fingerprint density at radius 1 is 1.03 bits per heavy atom. The fourth-order valence-electron chi connectivity index (χ4n) is 5.08. The number of nitrogens with zero attached hydrogens (tertiary/aromatic N) is 1. The largest absolute Gasteiger partial charge is 0.497 e. The Bertz CT molecular complexity index is 1140. The lowest BCUT2D eigenvalue weighted by Crippen LogP contribution is -2.33. The summed E-state index contributed by atoms with van der Waals surface area (Å²) in [4.78, 5) is 15.3. The number of halogens is 1. The second-order valence-electron chi connectivity index (χ2n) is 10.1. The summed E-state index contributed by atoms with van der Waals surface area (Å²) in [6.07, 6.45) is 4.35. The van der Waals surface area contributed by atoms with Crippen molar-refractivity contribution in [3.8, 4) is 11.5 Å². The maximum atomic E-state index is 13.5. The molecule has 1 unspecified atom stereocenters. The minimum absolute atomic E-state index is 0.113. The van der Waals surface area contributed by atoms with Crippen molar-refractivity contribution in [1.29, 1.82) is 0 Å². The third-order valence-electron chi connectivity index (χ3n) is 7.38. The second-order valence-corrected chi connectivity index (χ2v) is 10.1. The Morgan fingerprint density at radius 2 is 1.74 bits per heavy atom. The normalized spacial score (nSPS) is 15.2. The molecule has 202 valence electrons. The first-order valence-corrected chi connectivity index (χ1v) is 13.6. The summed E-state index contributed by atoms with van der Waals surface area (Å²) >= 11 is 0. The van der Waals surface area contributed by atoms with Crippen molar-refractivity contribution in [2.45, 2.75) is 44.8 Å². The molecule has 1 N–H and O–H groups in total. The fourth-order valence-corrected chi connectivity index (χ4v) is 5.08. The number of benzene rings is 3. The Balaban J connectivity index is 1.26. The molecule has 4 rings (SSSR count). The fraction of sp³-hybridized carbons (Fsp3) is 0.406. The minimum Gasteiger partial charge on any atom is -0.497 e. The Morgan fingerprint density at radius 3 is 2.39 bits per heavy atom. The maximum absolute atomic E-state index is 13.5. The van der Waals surface area contributed by atoms with E-state index in [9.17, 15) is 9.18 Å². The van der Waals surface area contributed by atoms with Crippen molar-refractivity contribution in [1.82, 2.24) is 10.2 Å². The molecule has 1 saturated heterocycles. The Labute approximate surface area is 226 Å². The number of carbonyl (C=O) groups is 1. The first-order chi connectivity index (χ1) is 18.5. The van der Waals surface area contributed by atoms with E-state index in [1.54, 1.807) is 19.2 Å². The third-order valence-corrected chi connectivity index (χ3v) is 7.38. The summed E-state index contributed by atoms with van der Waals surface area (Å²) < 4.78 is 25.0. The van der Waals surface area contributed by atoms with Gasteiger partial charge in [-0.15, -0.1) is 0 Å². The van der Waals surface area contributed by atoms with Crippen molar-refractivity contribution >= 4 is 5.78 Å². The Kier molecular flexibility index (Phi) is 10.3. The highest BCUT2D eigenvalue weighted by molar-refractivity contribution is 5.96. The van der Waals surface area contributed by atoms with E-state index in [4.69, 9.17) is 9.47 Å². The van der Waals surface area contributed by atoms with E-state index >= 15 is 0 Å². The van der Waals surface area contributed by atoms with Crippen LogP contribution in [0.2, 0.25) is 0 Å². The molecule has 0 amide bonds. The lowest BCUT2D eigenvalue weighted by atomic mass is 9.90. The van der Waals surface area contributed by atoms with Crippen LogP contribution < -0.4 is 14.8 Å². The van der Waals surface area contributed by atoms with E-state index in [0.29, 0.717) is 12.3 Å². The smallest absolute Gasteiger partial charge is 0.162 e. The average molecular weight is 519 g/mol. The monoisotopic (exact) mass is 518 g/mol. The highest BCUT2D eigenvalue weighted by Crippen LogP contribution is 2.28. The number of likely N-dealkylation sites (tertiary alicyclic amines) is 1. The van der Waals surface area contributed by atoms with Crippen molar-refractivity contribution in [3.05, 3.63) is 95.3 Å². The van der Waals surface area contributed by atoms with Crippen LogP contribution in [0.3, 0.4) is 0 Å². The van der Waals surface area contributed by atoms with E-state index in [0.717, 1.165) is 80.1 Å². The zero-order valence-corrected chi connectivity index (χ0v) is 22.5. The quantitative estimate of drug-likeness (QED) is 0.264. The molecule has 3 aromatic carbocycles. The van der Waals surface area contributed by atoms with Gasteiger partial charge in [0.2, 0.25) is 0 Å². The van der Waals surface area contributed by atoms with Crippen LogP contribution in [-0.2, 0) is 6.54 Å². The number of methoxy groups -OCH3 is 1. The maximum Gasteiger partial charge on any atom is 0.162 e. The molecule has 0 aliphatic carbocycles. The van der Waals surface area contributed by atoms with Gasteiger partial charge in [0.25, 0.3) is 0 Å². The van der Waals surface area contributed by atoms with Crippen LogP contribution in [0, 0.1) is 11.7 Å². The van der Waals surface area contributed by atoms with E-state index in [-0.39, 0.29) is 17.7 Å². The summed E-state index contributed by atoms with van der Waals surface area (Å²) in [5.74, 6) is 2.16. The number of piperidine rings is 1. The zero-order chi connectivity index (χ0) is 26.7. The van der Waals surface area contributed by atoms with Gasteiger partial charge < -0.3 is 14.8 Å². The standard InChI is InChI=1S/C32H39FN2O3/c1-34-19-16-32(38-30-13-11-29(37-2)12-14-30)27-9-7-26(8-10-27)31(36)15-6-24-17-20-35(21-18-24)23-25-4-3-5-28(33)22-25/h3-5,7-14,22,24,32,34H,6,15-21,23H2,1-2H3. The summed E-state index contributed by atoms with van der Waals surface area (Å²) in [7, 11) is 3.58. The molecule has 1 aliphatic rings. The van der Waals surface area contributed by atoms with Gasteiger partial charge in [-0.2, -0.15) is 0 Å². The molecule has 3 aromatic rings. The van der Waals surface area contributed by atoms with Gasteiger partial charge >= 0.3 is 0 Å². The molecule has 1 atom stereocenters. The van der Waals surface area contributed by atoms with E-state index in [2.05, 4.69) is 10.2 Å². The van der Waals surface area contributed by atoms with Crippen molar-refractivity contribution in [3.63, 3.8) is 0 Å². The van der Waals surface area contributed by atoms with Gasteiger partial charge in [0.05, 0.1) is 7.11 Å². The van der Waals surface area contributed by atoms with Gasteiger partial charge in [0, 0.05) is 24.9 Å². The number of nitrogens with one attached hydrogen (secondary N) is 1. The molecule has 5 nitrogen and oxygen atoms in total. The molecule has 0 bridgehead atoms. The van der Waals surface area contributed by atoms with Crippen LogP contribution in [0.1, 0.15) is 59.7 Å². The molecule has 0 saturated carbocycles. The highest BCUT2D eigenvalue weighted by Gasteiger charge is 2.21. The van der Waals surface area contributed by atoms with Gasteiger partial charge in [-0.05, 0) is 99.4 Å². The molecular formula is C32H39FN2O3. The minimum atomic E-state index is -0.179. The van der Waals surface area contributed by atoms with Crippen LogP contribution >= 0.6 is 0 Å². The summed E-state index contributed by atoms with van der Waals surface area (Å²) in [5.41, 5.74) is 2.83. The predicted octanol–water partition coefficient (Wildman–Crippen LogP) is 6.44. The van der Waals surface area contributed by atoms with Gasteiger partial charge in [0.1, 0.15) is 23.4 Å². The summed E-state index contributed by atoms with van der Waals surface area (Å²) in [6, 6.07) is 22.4. The predicted molar refractivity (Wildman–Crippen MR) is 149 cm³/mol. The van der Waals surface area contributed by atoms with E-state index in [1.165, 1.54) is 6.07 Å². The van der Waals surface area contributed by atoms with Gasteiger partial charge in [-0.1, -0.05) is 36.4 Å². The van der Waals surface area contributed by atoms with E-state index < -0.39 is 0 Å². The highest BCUT2D eigenvalue weighted by atomic mass is 19.1. The van der Waals surface area contributed by atoms with Gasteiger partial charge in [0.15, 0.2) is 5.78 Å². The van der Waals surface area contributed by atoms with Crippen LogP contribution in [-0.4, -0.2) is 44.5 Å². The first kappa shape index (κ1) is 27.8. The summed E-state index contributed by atoms with van der Waals surface area (Å²) in [6.45, 7) is 3.59. The van der Waals surface area contributed by atoms with Gasteiger partial charge in [-0.3, -0.25) is 9.69 Å². The molecule has 6 heteroatoms. The topological polar surface area (TPSA) is 50.8 Å². The number of hydrogen-bond donors (Lipinski definition) is 1. The van der Waals surface area contributed by atoms with Crippen molar-refractivity contribution in [2.75, 3.05) is 33.8 Å². The number of Topliss-reactive ketones (excluding diaryl/α,β-unsaturated/α-hetero) is 1. The second kappa shape index (κ2) is 14.1. The number of carbonyl (C=O) groups excluding carboxylic acids is 1. The van der Waals surface area contributed by atoms with Crippen LogP contribution in [0.4, 0.5) is 4.39 Å². The molecule has 0 radical (unpaired) electrons. The molecule has 38 heavy (non-hydrogen) atoms. The molecule has 1 fully saturated rings. The molecule has 1 heterocycles. The van der Waals surface area contributed by atoms with E-state index in [1.807, 2.05) is 61.6 Å². The molecule has 0 aromatic heterocycles. The molecular weight excluding hydrogens is 479 g/mol. The SMILES string of the molecule is CNCCC(Oc1ccc(OC)cc1)c1ccc(C(=O)CCC2CCN(Cc3cccc(F)c3)CC2)cc1. The number of rotatable bonds is 13. The molecule has 1 aliphatic heterocycles. The Hall–Kier alpha value is -3.22. The lowest BCUT2D eigenvalue weighted by molar-refractivity contribution is 0.0961. The van der Waals surface area contributed by atoms with Crippen LogP contribution in [0.25, 0.3) is 0 Å². The summed E-state index contributed by atoms with van der Waals surface area (Å²) in [5, 5.41) is 3.19. The van der Waals surface area contributed by atoms with Crippen molar-refractivity contribution in [2.24, 2.45) is 5.92 Å². The number of hydrogen-bond acceptors (Lipinski definition) is 5. The van der Waals surface area contributed by atoms with Gasteiger partial charge in [-0.25, -0.2) is 4.39 Å². The third kappa shape index (κ3) is 8.14. The van der Waals surface area contributed by atoms with Crippen LogP contribution in [0.15, 0.2) is 72.8 Å². The number of ketones is 1.